The van der Waals surface area contributed by atoms with Crippen molar-refractivity contribution in [3.8, 4) is 5.75 Å². The zero-order valence-corrected chi connectivity index (χ0v) is 13.8. The maximum absolute atomic E-state index is 5.85. The number of piperazine rings is 1. The van der Waals surface area contributed by atoms with Gasteiger partial charge in [-0.15, -0.1) is 0 Å². The molecule has 0 amide bonds. The molecule has 1 aliphatic rings. The lowest BCUT2D eigenvalue weighted by Crippen LogP contribution is -2.55. The van der Waals surface area contributed by atoms with Crippen LogP contribution >= 0.6 is 0 Å². The van der Waals surface area contributed by atoms with E-state index in [0.717, 1.165) is 31.9 Å². The smallest absolute Gasteiger partial charge is 0.124 e. The fourth-order valence-electron chi connectivity index (χ4n) is 3.10. The van der Waals surface area contributed by atoms with Gasteiger partial charge in [-0.3, -0.25) is 4.90 Å². The summed E-state index contributed by atoms with van der Waals surface area (Å²) >= 11 is 0. The average Bonchev–Trinajstić information content (AvgIpc) is 2.49. The summed E-state index contributed by atoms with van der Waals surface area (Å²) in [5.74, 6) is 1.01. The lowest BCUT2D eigenvalue weighted by atomic mass is 9.95. The van der Waals surface area contributed by atoms with Gasteiger partial charge in [0, 0.05) is 31.2 Å². The van der Waals surface area contributed by atoms with Crippen molar-refractivity contribution in [1.82, 2.24) is 15.1 Å². The molecule has 1 fully saturated rings. The van der Waals surface area contributed by atoms with Gasteiger partial charge in [-0.2, -0.15) is 0 Å². The third-order valence-electron chi connectivity index (χ3n) is 4.26. The van der Waals surface area contributed by atoms with Crippen molar-refractivity contribution in [3.05, 3.63) is 29.8 Å². The summed E-state index contributed by atoms with van der Waals surface area (Å²) in [5.41, 5.74) is 1.27. The molecule has 1 aliphatic heterocycles. The predicted molar refractivity (Wildman–Crippen MR) is 87.9 cm³/mol. The fraction of sp³-hybridized carbons (Fsp3) is 0.647. The van der Waals surface area contributed by atoms with E-state index in [9.17, 15) is 0 Å². The topological polar surface area (TPSA) is 27.7 Å². The Labute approximate surface area is 129 Å². The van der Waals surface area contributed by atoms with Crippen LogP contribution in [0.4, 0.5) is 0 Å². The first-order valence-corrected chi connectivity index (χ1v) is 8.01. The van der Waals surface area contributed by atoms with Crippen LogP contribution in [-0.2, 0) is 0 Å². The summed E-state index contributed by atoms with van der Waals surface area (Å²) in [6.45, 7) is 9.20. The first-order valence-electron chi connectivity index (χ1n) is 8.01. The Hall–Kier alpha value is -1.10. The standard InChI is InChI=1S/C17H29N3O/c1-5-18-17(15-13-19(3)11-12-20(15)4)14-9-7-8-10-16(14)21-6-2/h7-10,15,17-18H,5-6,11-13H2,1-4H3. The normalized spacial score (nSPS) is 22.2. The second kappa shape index (κ2) is 7.78. The zero-order valence-electron chi connectivity index (χ0n) is 13.8. The van der Waals surface area contributed by atoms with Crippen LogP contribution in [0.2, 0.25) is 0 Å². The molecule has 0 aliphatic carbocycles. The molecule has 2 rings (SSSR count). The van der Waals surface area contributed by atoms with Crippen molar-refractivity contribution in [3.63, 3.8) is 0 Å². The average molecular weight is 291 g/mol. The molecule has 0 radical (unpaired) electrons. The van der Waals surface area contributed by atoms with Gasteiger partial charge < -0.3 is 15.0 Å². The molecule has 1 heterocycles. The van der Waals surface area contributed by atoms with E-state index in [1.54, 1.807) is 0 Å². The second-order valence-electron chi connectivity index (χ2n) is 5.82. The Morgan fingerprint density at radius 2 is 2.00 bits per heavy atom. The molecule has 21 heavy (non-hydrogen) atoms. The van der Waals surface area contributed by atoms with Gasteiger partial charge in [-0.25, -0.2) is 0 Å². The number of nitrogens with zero attached hydrogens (tertiary/aromatic N) is 2. The molecule has 1 aromatic carbocycles. The predicted octanol–water partition coefficient (Wildman–Crippen LogP) is 1.98. The number of nitrogens with one attached hydrogen (secondary N) is 1. The molecule has 0 aromatic heterocycles. The molecule has 2 atom stereocenters. The van der Waals surface area contributed by atoms with Gasteiger partial charge in [0.25, 0.3) is 0 Å². The largest absolute Gasteiger partial charge is 0.494 e. The van der Waals surface area contributed by atoms with E-state index in [1.807, 2.05) is 13.0 Å². The van der Waals surface area contributed by atoms with Crippen molar-refractivity contribution >= 4 is 0 Å². The van der Waals surface area contributed by atoms with Crippen LogP contribution < -0.4 is 10.1 Å². The molecule has 1 aromatic rings. The highest BCUT2D eigenvalue weighted by molar-refractivity contribution is 5.37. The lowest BCUT2D eigenvalue weighted by Gasteiger charge is -2.42. The van der Waals surface area contributed by atoms with Gasteiger partial charge in [0.05, 0.1) is 12.6 Å². The SMILES string of the molecule is CCNC(c1ccccc1OCC)C1CN(C)CCN1C. The minimum Gasteiger partial charge on any atom is -0.494 e. The quantitative estimate of drug-likeness (QED) is 0.867. The molecule has 2 unspecified atom stereocenters. The lowest BCUT2D eigenvalue weighted by molar-refractivity contribution is 0.0871. The van der Waals surface area contributed by atoms with Crippen LogP contribution in [0.25, 0.3) is 0 Å². The number of likely N-dealkylation sites (N-methyl/N-ethyl adjacent to an activating group) is 3. The molecule has 0 spiro atoms. The Kier molecular flexibility index (Phi) is 6.03. The van der Waals surface area contributed by atoms with Gasteiger partial charge >= 0.3 is 0 Å². The van der Waals surface area contributed by atoms with Crippen molar-refractivity contribution in [2.45, 2.75) is 25.9 Å². The van der Waals surface area contributed by atoms with E-state index in [1.165, 1.54) is 5.56 Å². The zero-order chi connectivity index (χ0) is 15.2. The van der Waals surface area contributed by atoms with Gasteiger partial charge in [-0.05, 0) is 33.6 Å². The minimum absolute atomic E-state index is 0.297. The second-order valence-corrected chi connectivity index (χ2v) is 5.82. The van der Waals surface area contributed by atoms with E-state index in [-0.39, 0.29) is 0 Å². The van der Waals surface area contributed by atoms with Crippen molar-refractivity contribution < 1.29 is 4.74 Å². The summed E-state index contributed by atoms with van der Waals surface area (Å²) in [4.78, 5) is 4.88. The summed E-state index contributed by atoms with van der Waals surface area (Å²) in [5, 5.41) is 3.67. The molecule has 4 heteroatoms. The highest BCUT2D eigenvalue weighted by Crippen LogP contribution is 2.30. The maximum atomic E-state index is 5.85. The number of benzene rings is 1. The number of para-hydroxylation sites is 1. The van der Waals surface area contributed by atoms with Crippen LogP contribution in [0.5, 0.6) is 5.75 Å². The number of hydrogen-bond acceptors (Lipinski definition) is 4. The number of hydrogen-bond donors (Lipinski definition) is 1. The Bertz CT molecular complexity index is 438. The van der Waals surface area contributed by atoms with E-state index in [2.05, 4.69) is 54.3 Å². The van der Waals surface area contributed by atoms with Gasteiger partial charge in [0.15, 0.2) is 0 Å². The summed E-state index contributed by atoms with van der Waals surface area (Å²) in [7, 11) is 4.43. The van der Waals surface area contributed by atoms with Crippen molar-refractivity contribution in [1.29, 1.82) is 0 Å². The van der Waals surface area contributed by atoms with E-state index >= 15 is 0 Å². The summed E-state index contributed by atoms with van der Waals surface area (Å²) in [6, 6.07) is 9.19. The highest BCUT2D eigenvalue weighted by Gasteiger charge is 2.31. The Balaban J connectivity index is 2.29. The first kappa shape index (κ1) is 16.3. The van der Waals surface area contributed by atoms with Crippen LogP contribution in [0.1, 0.15) is 25.5 Å². The Morgan fingerprint density at radius 3 is 2.71 bits per heavy atom. The van der Waals surface area contributed by atoms with Gasteiger partial charge in [0.1, 0.15) is 5.75 Å². The van der Waals surface area contributed by atoms with Crippen LogP contribution in [0.15, 0.2) is 24.3 Å². The van der Waals surface area contributed by atoms with Crippen molar-refractivity contribution in [2.24, 2.45) is 0 Å². The van der Waals surface area contributed by atoms with E-state index in [4.69, 9.17) is 4.74 Å². The molecule has 0 bridgehead atoms. The number of ether oxygens (including phenoxy) is 1. The molecule has 1 N–H and O–H groups in total. The van der Waals surface area contributed by atoms with Crippen molar-refractivity contribution in [2.75, 3.05) is 46.9 Å². The van der Waals surface area contributed by atoms with E-state index in [0.29, 0.717) is 18.7 Å². The number of rotatable bonds is 6. The third kappa shape index (κ3) is 3.96. The van der Waals surface area contributed by atoms with E-state index < -0.39 is 0 Å². The van der Waals surface area contributed by atoms with Crippen LogP contribution in [-0.4, -0.2) is 62.7 Å². The molecule has 4 nitrogen and oxygen atoms in total. The monoisotopic (exact) mass is 291 g/mol. The molecular formula is C17H29N3O. The highest BCUT2D eigenvalue weighted by atomic mass is 16.5. The maximum Gasteiger partial charge on any atom is 0.124 e. The Morgan fingerprint density at radius 1 is 1.24 bits per heavy atom. The van der Waals surface area contributed by atoms with Gasteiger partial charge in [0.2, 0.25) is 0 Å². The summed E-state index contributed by atoms with van der Waals surface area (Å²) < 4.78 is 5.85. The molecule has 118 valence electrons. The van der Waals surface area contributed by atoms with Gasteiger partial charge in [-0.1, -0.05) is 25.1 Å². The van der Waals surface area contributed by atoms with Crippen LogP contribution in [0, 0.1) is 0 Å². The van der Waals surface area contributed by atoms with Crippen LogP contribution in [0.3, 0.4) is 0 Å². The first-order chi connectivity index (χ1) is 10.2. The molecule has 1 saturated heterocycles. The molecule has 0 saturated carbocycles. The minimum atomic E-state index is 0.297. The third-order valence-corrected chi connectivity index (χ3v) is 4.26. The molecular weight excluding hydrogens is 262 g/mol. The fourth-order valence-corrected chi connectivity index (χ4v) is 3.10. The summed E-state index contributed by atoms with van der Waals surface area (Å²) in [6.07, 6.45) is 0.